The predicted octanol–water partition coefficient (Wildman–Crippen LogP) is -3.67. The van der Waals surface area contributed by atoms with E-state index in [4.69, 9.17) is 10.8 Å². The number of rotatable bonds is 4. The number of alkyl halides is 1. The molecule has 0 aliphatic carbocycles. The number of urea groups is 1. The Kier molecular flexibility index (Phi) is 4.80. The maximum absolute atomic E-state index is 13.0. The number of nitrogens with zero attached hydrogens (tertiary/aromatic N) is 2. The molecule has 1 saturated heterocycles. The molecule has 2 aliphatic heterocycles. The van der Waals surface area contributed by atoms with Gasteiger partial charge in [0.05, 0.1) is 6.54 Å². The number of aliphatic carboxylic acids is 1. The number of nitrogens with two attached hydrogens (primary N) is 1. The first-order valence-electron chi connectivity index (χ1n) is 5.44. The molecule has 0 aromatic carbocycles. The molecule has 2 bridgehead atoms. The average Bonchev–Trinajstić information content (AvgIpc) is 2.60. The van der Waals surface area contributed by atoms with Crippen molar-refractivity contribution >= 4 is 17.9 Å². The largest absolute Gasteiger partial charge is 1.00 e. The summed E-state index contributed by atoms with van der Waals surface area (Å²) >= 11 is 0. The van der Waals surface area contributed by atoms with Gasteiger partial charge in [0.2, 0.25) is 5.91 Å². The minimum absolute atomic E-state index is 0. The van der Waals surface area contributed by atoms with Gasteiger partial charge in [-0.2, -0.15) is 5.06 Å². The first-order valence-corrected chi connectivity index (χ1v) is 5.44. The Morgan fingerprint density at radius 3 is 2.75 bits per heavy atom. The number of carbonyl (C=O) groups is 3. The van der Waals surface area contributed by atoms with Crippen LogP contribution >= 0.6 is 0 Å². The molecule has 8 nitrogen and oxygen atoms in total. The Labute approximate surface area is 126 Å². The Morgan fingerprint density at radius 2 is 2.25 bits per heavy atom. The third-order valence-corrected chi connectivity index (χ3v) is 3.06. The van der Waals surface area contributed by atoms with E-state index in [2.05, 4.69) is 4.84 Å². The molecule has 20 heavy (non-hydrogen) atoms. The normalized spacial score (nSPS) is 25.9. The monoisotopic (exact) mass is 281 g/mol. The zero-order valence-corrected chi connectivity index (χ0v) is 10.9. The van der Waals surface area contributed by atoms with Crippen molar-refractivity contribution in [3.05, 3.63) is 11.6 Å². The van der Waals surface area contributed by atoms with Crippen LogP contribution in [0.2, 0.25) is 0 Å². The summed E-state index contributed by atoms with van der Waals surface area (Å²) in [6.45, 7) is 1.72. The summed E-state index contributed by atoms with van der Waals surface area (Å²) in [5.74, 6) is -2.56. The molecule has 3 amide bonds. The summed E-state index contributed by atoms with van der Waals surface area (Å²) < 4.78 is 13.0. The molecule has 10 heteroatoms. The average molecular weight is 281 g/mol. The van der Waals surface area contributed by atoms with Crippen LogP contribution in [0.25, 0.3) is 0 Å². The molecular weight excluding hydrogens is 268 g/mol. The maximum Gasteiger partial charge on any atom is 1.00 e. The molecule has 1 fully saturated rings. The first-order chi connectivity index (χ1) is 8.82. The van der Waals surface area contributed by atoms with Gasteiger partial charge in [-0.1, -0.05) is 6.08 Å². The van der Waals surface area contributed by atoms with Crippen molar-refractivity contribution in [1.82, 2.24) is 9.96 Å². The topological polar surface area (TPSA) is 113 Å². The molecule has 106 valence electrons. The van der Waals surface area contributed by atoms with E-state index in [-0.39, 0.29) is 26.8 Å². The number of hydrogen-bond donors (Lipinski definition) is 2. The number of hydrogen-bond acceptors (Lipinski definition) is 4. The molecule has 3 N–H and O–H groups in total. The number of primary amides is 1. The van der Waals surface area contributed by atoms with Gasteiger partial charge in [0.15, 0.2) is 0 Å². The zero-order valence-electron chi connectivity index (χ0n) is 11.9. The smallest absolute Gasteiger partial charge is 1.00 e. The Balaban J connectivity index is 0.00000200. The Bertz CT molecular complexity index is 491. The van der Waals surface area contributed by atoms with Crippen molar-refractivity contribution in [2.24, 2.45) is 5.73 Å². The molecule has 2 aliphatic rings. The first kappa shape index (κ1) is 16.5. The van der Waals surface area contributed by atoms with Gasteiger partial charge in [0.25, 0.3) is 0 Å². The van der Waals surface area contributed by atoms with Gasteiger partial charge < -0.3 is 17.2 Å². The molecule has 0 spiro atoms. The van der Waals surface area contributed by atoms with E-state index in [9.17, 15) is 18.8 Å². The second-order valence-electron chi connectivity index (χ2n) is 4.29. The summed E-state index contributed by atoms with van der Waals surface area (Å²) in [7, 11) is 0. The molecule has 0 saturated carbocycles. The quantitative estimate of drug-likeness (QED) is 0.407. The van der Waals surface area contributed by atoms with Crippen molar-refractivity contribution in [3.8, 4) is 0 Å². The number of carboxylic acids is 1. The summed E-state index contributed by atoms with van der Waals surface area (Å²) in [6, 6.07) is -2.34. The van der Waals surface area contributed by atoms with Gasteiger partial charge in [0.1, 0.15) is 12.1 Å². The molecule has 0 aromatic heterocycles. The number of hydroxylamine groups is 2. The van der Waals surface area contributed by atoms with Gasteiger partial charge in [-0.25, -0.2) is 18.8 Å². The molecule has 2 heterocycles. The molecular formula is C10H13FLiN3O5. The van der Waals surface area contributed by atoms with E-state index in [0.717, 1.165) is 4.90 Å². The summed E-state index contributed by atoms with van der Waals surface area (Å²) in [5, 5.41) is 9.07. The number of halogens is 1. The second kappa shape index (κ2) is 5.83. The van der Waals surface area contributed by atoms with Crippen LogP contribution in [0.5, 0.6) is 0 Å². The van der Waals surface area contributed by atoms with Gasteiger partial charge in [0, 0.05) is 0 Å². The van der Waals surface area contributed by atoms with E-state index in [1.807, 2.05) is 0 Å². The zero-order chi connectivity index (χ0) is 14.3. The van der Waals surface area contributed by atoms with Crippen molar-refractivity contribution in [3.63, 3.8) is 0 Å². The van der Waals surface area contributed by atoms with Crippen LogP contribution in [0.3, 0.4) is 0 Å². The number of carbonyl (C=O) groups excluding carboxylic acids is 2. The molecule has 0 radical (unpaired) electrons. The van der Waals surface area contributed by atoms with Crippen molar-refractivity contribution in [2.75, 3.05) is 6.54 Å². The predicted molar refractivity (Wildman–Crippen MR) is 59.2 cm³/mol. The Hall–Kier alpha value is -1.56. The van der Waals surface area contributed by atoms with Crippen LogP contribution in [0.1, 0.15) is 8.35 Å². The number of amides is 3. The number of carboxylic acid groups (broad SMARTS) is 1. The van der Waals surface area contributed by atoms with E-state index in [0.29, 0.717) is 10.6 Å². The van der Waals surface area contributed by atoms with Crippen LogP contribution in [0.15, 0.2) is 11.6 Å². The fourth-order valence-electron chi connectivity index (χ4n) is 2.11. The van der Waals surface area contributed by atoms with Gasteiger partial charge >= 0.3 is 37.2 Å². The molecule has 0 unspecified atom stereocenters. The standard InChI is InChI=1S/C10H12FN3O5.Li.H/c1-4-2-5(8(12)15)13-3-6(4)14(10(13)18)19-7(11)9(16)17;;/h2,5-7H,3H2,1H3,(H2,12,15)(H,16,17);;/q;+1;-1/t5-,6-,7+;;/m0../s1. The van der Waals surface area contributed by atoms with Crippen LogP contribution in [0, 0.1) is 0 Å². The SMILES string of the molecule is CC1=C[C@@H](C(N)=O)N2C[C@@H]1N(O[C@@H](F)C(=O)O)C2=O.[H-].[Li+]. The second-order valence-corrected chi connectivity index (χ2v) is 4.29. The summed E-state index contributed by atoms with van der Waals surface area (Å²) in [6.07, 6.45) is -1.17. The molecule has 2 rings (SSSR count). The Morgan fingerprint density at radius 1 is 1.65 bits per heavy atom. The van der Waals surface area contributed by atoms with Crippen LogP contribution in [-0.4, -0.2) is 58.0 Å². The van der Waals surface area contributed by atoms with Gasteiger partial charge in [-0.15, -0.1) is 0 Å². The summed E-state index contributed by atoms with van der Waals surface area (Å²) in [5.41, 5.74) is 5.75. The van der Waals surface area contributed by atoms with Crippen LogP contribution in [0.4, 0.5) is 9.18 Å². The third-order valence-electron chi connectivity index (χ3n) is 3.06. The van der Waals surface area contributed by atoms with Crippen molar-refractivity contribution in [2.45, 2.75) is 25.4 Å². The summed E-state index contributed by atoms with van der Waals surface area (Å²) in [4.78, 5) is 39.1. The number of fused-ring (bicyclic) bond motifs is 2. The fraction of sp³-hybridized carbons (Fsp3) is 0.500. The van der Waals surface area contributed by atoms with Gasteiger partial charge in [-0.3, -0.25) is 4.79 Å². The van der Waals surface area contributed by atoms with Crippen molar-refractivity contribution < 1.29 is 49.0 Å². The molecule has 0 aromatic rings. The minimum Gasteiger partial charge on any atom is -1.00 e. The van der Waals surface area contributed by atoms with E-state index >= 15 is 0 Å². The van der Waals surface area contributed by atoms with Crippen LogP contribution < -0.4 is 24.6 Å². The van der Waals surface area contributed by atoms with Crippen LogP contribution in [-0.2, 0) is 14.4 Å². The maximum atomic E-state index is 13.0. The molecule has 3 atom stereocenters. The van der Waals surface area contributed by atoms with Crippen molar-refractivity contribution in [1.29, 1.82) is 0 Å². The fourth-order valence-corrected chi connectivity index (χ4v) is 2.11. The minimum atomic E-state index is -2.65. The van der Waals surface area contributed by atoms with Gasteiger partial charge in [-0.05, 0) is 12.5 Å². The van der Waals surface area contributed by atoms with E-state index in [1.54, 1.807) is 6.92 Å². The third kappa shape index (κ3) is 2.65. The van der Waals surface area contributed by atoms with E-state index in [1.165, 1.54) is 6.08 Å². The van der Waals surface area contributed by atoms with E-state index < -0.39 is 36.3 Å².